The largest absolute Gasteiger partial charge is 0.481 e. The van der Waals surface area contributed by atoms with Crippen molar-refractivity contribution in [3.8, 4) is 0 Å². The molecule has 4 nitrogen and oxygen atoms in total. The molecule has 0 aliphatic carbocycles. The quantitative estimate of drug-likeness (QED) is 0.627. The average Bonchev–Trinajstić information content (AvgIpc) is 2.31. The van der Waals surface area contributed by atoms with Crippen LogP contribution < -0.4 is 0 Å². The summed E-state index contributed by atoms with van der Waals surface area (Å²) in [5.41, 5.74) is 0. The molecule has 1 N–H and O–H groups in total. The minimum Gasteiger partial charge on any atom is -0.481 e. The highest BCUT2D eigenvalue weighted by Crippen LogP contribution is 2.22. The van der Waals surface area contributed by atoms with Gasteiger partial charge in [-0.1, -0.05) is 0 Å². The molecule has 2 atom stereocenters. The second-order valence-electron chi connectivity index (χ2n) is 3.38. The third kappa shape index (κ3) is 1.64. The van der Waals surface area contributed by atoms with Gasteiger partial charge in [-0.05, 0) is 14.0 Å². The van der Waals surface area contributed by atoms with Crippen LogP contribution in [0.3, 0.4) is 0 Å². The van der Waals surface area contributed by atoms with Gasteiger partial charge in [0.25, 0.3) is 0 Å². The van der Waals surface area contributed by atoms with E-state index >= 15 is 0 Å². The number of rotatable bonds is 2. The number of carboxylic acids is 1. The van der Waals surface area contributed by atoms with Crippen LogP contribution in [0, 0.1) is 11.8 Å². The first kappa shape index (κ1) is 9.19. The predicted molar refractivity (Wildman–Crippen MR) is 42.8 cm³/mol. The summed E-state index contributed by atoms with van der Waals surface area (Å²) < 4.78 is 0. The molecule has 1 saturated heterocycles. The Balaban J connectivity index is 2.72. The fraction of sp³-hybridized carbons (Fsp3) is 0.750. The zero-order valence-corrected chi connectivity index (χ0v) is 7.28. The lowest BCUT2D eigenvalue weighted by Gasteiger charge is -2.09. The van der Waals surface area contributed by atoms with E-state index in [9.17, 15) is 9.59 Å². The molecular formula is C8H13NO3. The highest BCUT2D eigenvalue weighted by atomic mass is 16.4. The molecule has 1 heterocycles. The van der Waals surface area contributed by atoms with Crippen molar-refractivity contribution in [1.82, 2.24) is 4.90 Å². The van der Waals surface area contributed by atoms with Gasteiger partial charge in [0.2, 0.25) is 0 Å². The summed E-state index contributed by atoms with van der Waals surface area (Å²) in [5, 5.41) is 8.77. The Labute approximate surface area is 71.2 Å². The molecule has 0 bridgehead atoms. The molecule has 1 aliphatic heterocycles. The highest BCUT2D eigenvalue weighted by molar-refractivity contribution is 5.85. The van der Waals surface area contributed by atoms with Gasteiger partial charge in [0, 0.05) is 19.0 Å². The summed E-state index contributed by atoms with van der Waals surface area (Å²) in [6, 6.07) is 0. The van der Waals surface area contributed by atoms with Crippen LogP contribution in [-0.4, -0.2) is 41.9 Å². The number of hydrogen-bond donors (Lipinski definition) is 1. The Morgan fingerprint density at radius 3 is 2.17 bits per heavy atom. The molecule has 1 rings (SSSR count). The molecule has 1 fully saturated rings. The third-order valence-corrected chi connectivity index (χ3v) is 2.34. The van der Waals surface area contributed by atoms with Crippen LogP contribution in [-0.2, 0) is 9.59 Å². The molecule has 12 heavy (non-hydrogen) atoms. The van der Waals surface area contributed by atoms with Crippen LogP contribution in [0.4, 0.5) is 0 Å². The number of aliphatic carboxylic acids is 1. The second kappa shape index (κ2) is 3.23. The number of likely N-dealkylation sites (tertiary alicyclic amines) is 1. The van der Waals surface area contributed by atoms with E-state index < -0.39 is 11.9 Å². The average molecular weight is 171 g/mol. The molecule has 0 aromatic carbocycles. The highest BCUT2D eigenvalue weighted by Gasteiger charge is 2.38. The van der Waals surface area contributed by atoms with Crippen LogP contribution in [0.1, 0.15) is 6.92 Å². The molecule has 0 saturated carbocycles. The minimum atomic E-state index is -0.862. The Bertz CT molecular complexity index is 192. The molecule has 0 amide bonds. The smallest absolute Gasteiger partial charge is 0.308 e. The van der Waals surface area contributed by atoms with Crippen LogP contribution in [0.5, 0.6) is 0 Å². The summed E-state index contributed by atoms with van der Waals surface area (Å²) >= 11 is 0. The first-order chi connectivity index (χ1) is 5.52. The standard InChI is InChI=1S/C8H13NO3/c1-5(10)6-3-9(2)4-7(6)8(11)12/h6-7H,3-4H2,1-2H3,(H,11,12). The normalized spacial score (nSPS) is 30.5. The van der Waals surface area contributed by atoms with Crippen molar-refractivity contribution < 1.29 is 14.7 Å². The molecule has 68 valence electrons. The summed E-state index contributed by atoms with van der Waals surface area (Å²) in [7, 11) is 1.83. The summed E-state index contributed by atoms with van der Waals surface area (Å²) in [5.74, 6) is -1.70. The van der Waals surface area contributed by atoms with Crippen molar-refractivity contribution in [2.75, 3.05) is 20.1 Å². The van der Waals surface area contributed by atoms with Crippen LogP contribution in [0.25, 0.3) is 0 Å². The van der Waals surface area contributed by atoms with Crippen molar-refractivity contribution in [2.24, 2.45) is 11.8 Å². The zero-order valence-electron chi connectivity index (χ0n) is 7.28. The fourth-order valence-corrected chi connectivity index (χ4v) is 1.66. The number of carbonyl (C=O) groups excluding carboxylic acids is 1. The number of hydrogen-bond acceptors (Lipinski definition) is 3. The van der Waals surface area contributed by atoms with Crippen LogP contribution in [0.15, 0.2) is 0 Å². The maximum absolute atomic E-state index is 11.0. The van der Waals surface area contributed by atoms with Gasteiger partial charge in [-0.3, -0.25) is 9.59 Å². The van der Waals surface area contributed by atoms with E-state index in [-0.39, 0.29) is 11.7 Å². The van der Waals surface area contributed by atoms with Gasteiger partial charge in [-0.15, -0.1) is 0 Å². The van der Waals surface area contributed by atoms with Crippen molar-refractivity contribution in [1.29, 1.82) is 0 Å². The minimum absolute atomic E-state index is 0.0215. The van der Waals surface area contributed by atoms with E-state index in [1.54, 1.807) is 0 Å². The third-order valence-electron chi connectivity index (χ3n) is 2.34. The lowest BCUT2D eigenvalue weighted by molar-refractivity contribution is -0.144. The van der Waals surface area contributed by atoms with Gasteiger partial charge in [-0.25, -0.2) is 0 Å². The molecule has 0 radical (unpaired) electrons. The number of nitrogens with zero attached hydrogens (tertiary/aromatic N) is 1. The molecule has 4 heteroatoms. The van der Waals surface area contributed by atoms with Crippen molar-refractivity contribution in [2.45, 2.75) is 6.92 Å². The van der Waals surface area contributed by atoms with Gasteiger partial charge >= 0.3 is 5.97 Å². The lowest BCUT2D eigenvalue weighted by atomic mass is 9.93. The lowest BCUT2D eigenvalue weighted by Crippen LogP contribution is -2.26. The molecule has 0 aromatic heterocycles. The van der Waals surface area contributed by atoms with Crippen molar-refractivity contribution >= 4 is 11.8 Å². The summed E-state index contributed by atoms with van der Waals surface area (Å²) in [4.78, 5) is 23.6. The van der Waals surface area contributed by atoms with Crippen molar-refractivity contribution in [3.63, 3.8) is 0 Å². The van der Waals surface area contributed by atoms with E-state index in [0.717, 1.165) is 0 Å². The number of ketones is 1. The first-order valence-corrected chi connectivity index (χ1v) is 3.94. The van der Waals surface area contributed by atoms with E-state index in [1.165, 1.54) is 6.92 Å². The van der Waals surface area contributed by atoms with Gasteiger partial charge in [0.05, 0.1) is 5.92 Å². The van der Waals surface area contributed by atoms with Gasteiger partial charge in [0.1, 0.15) is 5.78 Å². The maximum Gasteiger partial charge on any atom is 0.308 e. The van der Waals surface area contributed by atoms with Gasteiger partial charge < -0.3 is 10.0 Å². The Hall–Kier alpha value is -0.900. The van der Waals surface area contributed by atoms with Crippen LogP contribution in [0.2, 0.25) is 0 Å². The number of carbonyl (C=O) groups is 2. The van der Waals surface area contributed by atoms with Crippen molar-refractivity contribution in [3.05, 3.63) is 0 Å². The van der Waals surface area contributed by atoms with Gasteiger partial charge in [-0.2, -0.15) is 0 Å². The topological polar surface area (TPSA) is 57.6 Å². The molecule has 0 aromatic rings. The Morgan fingerprint density at radius 2 is 1.83 bits per heavy atom. The fourth-order valence-electron chi connectivity index (χ4n) is 1.66. The summed E-state index contributed by atoms with van der Waals surface area (Å²) in [6.07, 6.45) is 0. The van der Waals surface area contributed by atoms with Crippen LogP contribution >= 0.6 is 0 Å². The molecular weight excluding hydrogens is 158 g/mol. The van der Waals surface area contributed by atoms with Gasteiger partial charge in [0.15, 0.2) is 0 Å². The number of carboxylic acid groups (broad SMARTS) is 1. The van der Waals surface area contributed by atoms with E-state index in [0.29, 0.717) is 13.1 Å². The van der Waals surface area contributed by atoms with E-state index in [1.807, 2.05) is 11.9 Å². The summed E-state index contributed by atoms with van der Waals surface area (Å²) in [6.45, 7) is 2.52. The molecule has 0 spiro atoms. The molecule has 2 unspecified atom stereocenters. The maximum atomic E-state index is 11.0. The second-order valence-corrected chi connectivity index (χ2v) is 3.38. The molecule has 1 aliphatic rings. The SMILES string of the molecule is CC(=O)C1CN(C)CC1C(=O)O. The first-order valence-electron chi connectivity index (χ1n) is 3.94. The Morgan fingerprint density at radius 1 is 1.33 bits per heavy atom. The Kier molecular flexibility index (Phi) is 2.47. The zero-order chi connectivity index (χ0) is 9.30. The van der Waals surface area contributed by atoms with E-state index in [2.05, 4.69) is 0 Å². The predicted octanol–water partition coefficient (Wildman–Crippen LogP) is -0.162. The monoisotopic (exact) mass is 171 g/mol. The number of Topliss-reactive ketones (excluding diaryl/α,β-unsaturated/α-hetero) is 1. The van der Waals surface area contributed by atoms with E-state index in [4.69, 9.17) is 5.11 Å².